The summed E-state index contributed by atoms with van der Waals surface area (Å²) in [7, 11) is 0. The van der Waals surface area contributed by atoms with Gasteiger partial charge < -0.3 is 19.7 Å². The molecule has 0 aliphatic carbocycles. The van der Waals surface area contributed by atoms with Gasteiger partial charge in [0, 0.05) is 0 Å². The Hall–Kier alpha value is -2.06. The number of hydrogen-bond acceptors (Lipinski definition) is 6. The maximum absolute atomic E-state index is 9.79. The SMILES string of the molecule is C1=COC=CO1.NOC(C(=O)O)C(=O)O. The first-order valence-corrected chi connectivity index (χ1v) is 3.51. The molecule has 1 heterocycles. The molecule has 0 aromatic heterocycles. The largest absolute Gasteiger partial charge is 0.479 e. The Kier molecular flexibility index (Phi) is 6.34. The third-order valence-electron chi connectivity index (χ3n) is 1.01. The lowest BCUT2D eigenvalue weighted by Crippen LogP contribution is -2.34. The maximum Gasteiger partial charge on any atom is 0.346 e. The van der Waals surface area contributed by atoms with E-state index in [0.717, 1.165) is 0 Å². The zero-order valence-corrected chi connectivity index (χ0v) is 7.40. The topological polar surface area (TPSA) is 128 Å². The minimum atomic E-state index is -1.97. The van der Waals surface area contributed by atoms with Crippen molar-refractivity contribution < 1.29 is 34.1 Å². The van der Waals surface area contributed by atoms with Gasteiger partial charge in [0.25, 0.3) is 6.10 Å². The lowest BCUT2D eigenvalue weighted by atomic mass is 10.4. The van der Waals surface area contributed by atoms with Crippen molar-refractivity contribution in [2.24, 2.45) is 5.90 Å². The molecule has 0 unspecified atom stereocenters. The smallest absolute Gasteiger partial charge is 0.346 e. The molecule has 0 aromatic rings. The summed E-state index contributed by atoms with van der Waals surface area (Å²) >= 11 is 0. The lowest BCUT2D eigenvalue weighted by molar-refractivity contribution is -0.166. The van der Waals surface area contributed by atoms with Crippen LogP contribution in [0.3, 0.4) is 0 Å². The van der Waals surface area contributed by atoms with E-state index in [-0.39, 0.29) is 0 Å². The Balaban J connectivity index is 0.000000280. The summed E-state index contributed by atoms with van der Waals surface area (Å²) in [6.07, 6.45) is 3.87. The van der Waals surface area contributed by atoms with Gasteiger partial charge in [0.1, 0.15) is 25.0 Å². The summed E-state index contributed by atoms with van der Waals surface area (Å²) in [5.41, 5.74) is 0. The van der Waals surface area contributed by atoms with Crippen molar-refractivity contribution in [3.8, 4) is 0 Å². The predicted molar refractivity (Wildman–Crippen MR) is 44.8 cm³/mol. The Morgan fingerprint density at radius 1 is 1.07 bits per heavy atom. The highest BCUT2D eigenvalue weighted by Crippen LogP contribution is 1.89. The summed E-state index contributed by atoms with van der Waals surface area (Å²) in [6.45, 7) is 0. The zero-order chi connectivity index (χ0) is 11.7. The molecule has 0 saturated heterocycles. The van der Waals surface area contributed by atoms with Crippen LogP contribution >= 0.6 is 0 Å². The average Bonchev–Trinajstić information content (AvgIpc) is 2.21. The van der Waals surface area contributed by atoms with Crippen LogP contribution in [0, 0.1) is 0 Å². The van der Waals surface area contributed by atoms with Crippen LogP contribution in [0.25, 0.3) is 0 Å². The van der Waals surface area contributed by atoms with Crippen molar-refractivity contribution in [1.82, 2.24) is 0 Å². The van der Waals surface area contributed by atoms with E-state index in [0.29, 0.717) is 0 Å². The van der Waals surface area contributed by atoms with Crippen molar-refractivity contribution in [3.63, 3.8) is 0 Å². The fraction of sp³-hybridized carbons (Fsp3) is 0.143. The number of hydrogen-bond donors (Lipinski definition) is 3. The second-order valence-corrected chi connectivity index (χ2v) is 2.01. The second kappa shape index (κ2) is 7.35. The zero-order valence-electron chi connectivity index (χ0n) is 7.40. The van der Waals surface area contributed by atoms with E-state index in [1.807, 2.05) is 0 Å². The summed E-state index contributed by atoms with van der Waals surface area (Å²) in [5, 5.41) is 15.9. The molecule has 1 rings (SSSR count). The number of rotatable bonds is 3. The van der Waals surface area contributed by atoms with Crippen LogP contribution in [-0.2, 0) is 23.9 Å². The molecule has 0 bridgehead atoms. The normalized spacial score (nSPS) is 12.1. The van der Waals surface area contributed by atoms with Gasteiger partial charge in [-0.3, -0.25) is 4.84 Å². The molecule has 15 heavy (non-hydrogen) atoms. The van der Waals surface area contributed by atoms with Crippen LogP contribution < -0.4 is 5.90 Å². The van der Waals surface area contributed by atoms with Crippen LogP contribution in [-0.4, -0.2) is 28.3 Å². The molecule has 8 heteroatoms. The van der Waals surface area contributed by atoms with E-state index in [1.165, 1.54) is 25.0 Å². The minimum Gasteiger partial charge on any atom is -0.479 e. The molecule has 0 aromatic carbocycles. The van der Waals surface area contributed by atoms with E-state index in [1.54, 1.807) is 0 Å². The predicted octanol–water partition coefficient (Wildman–Crippen LogP) is -0.610. The van der Waals surface area contributed by atoms with Crippen molar-refractivity contribution in [1.29, 1.82) is 0 Å². The standard InChI is InChI=1S/C4H4O2.C3H5NO5/c1-2-6-4-3-5-1;4-9-1(2(5)6)3(7)8/h1-4H;1H,4H2,(H,5,6)(H,7,8). The number of carboxylic acids is 2. The van der Waals surface area contributed by atoms with Gasteiger partial charge in [-0.05, 0) is 0 Å². The first kappa shape index (κ1) is 12.9. The molecule has 0 atom stereocenters. The number of nitrogens with two attached hydrogens (primary N) is 1. The van der Waals surface area contributed by atoms with Gasteiger partial charge in [-0.25, -0.2) is 15.5 Å². The van der Waals surface area contributed by atoms with E-state index < -0.39 is 18.0 Å². The number of carbonyl (C=O) groups is 2. The monoisotopic (exact) mass is 219 g/mol. The summed E-state index contributed by atoms with van der Waals surface area (Å²) in [5.74, 6) is 1.07. The highest BCUT2D eigenvalue weighted by molar-refractivity contribution is 5.95. The van der Waals surface area contributed by atoms with Crippen molar-refractivity contribution >= 4 is 11.9 Å². The summed E-state index contributed by atoms with van der Waals surface area (Å²) in [4.78, 5) is 23.1. The second-order valence-electron chi connectivity index (χ2n) is 2.01. The van der Waals surface area contributed by atoms with Gasteiger partial charge in [-0.1, -0.05) is 0 Å². The van der Waals surface area contributed by atoms with Gasteiger partial charge >= 0.3 is 11.9 Å². The number of carboxylic acid groups (broad SMARTS) is 2. The van der Waals surface area contributed by atoms with Crippen LogP contribution in [0.5, 0.6) is 0 Å². The number of aliphatic carboxylic acids is 2. The van der Waals surface area contributed by atoms with Crippen LogP contribution in [0.4, 0.5) is 0 Å². The molecule has 0 spiro atoms. The molecule has 0 fully saturated rings. The van der Waals surface area contributed by atoms with Crippen LogP contribution in [0.1, 0.15) is 0 Å². The molecule has 1 aliphatic rings. The maximum atomic E-state index is 9.79. The Morgan fingerprint density at radius 3 is 1.47 bits per heavy atom. The highest BCUT2D eigenvalue weighted by atomic mass is 16.6. The van der Waals surface area contributed by atoms with E-state index >= 15 is 0 Å². The van der Waals surface area contributed by atoms with E-state index in [2.05, 4.69) is 20.2 Å². The Labute approximate surface area is 84.1 Å². The fourth-order valence-corrected chi connectivity index (χ4v) is 0.441. The van der Waals surface area contributed by atoms with E-state index in [4.69, 9.17) is 10.2 Å². The lowest BCUT2D eigenvalue weighted by Gasteiger charge is -2.00. The van der Waals surface area contributed by atoms with E-state index in [9.17, 15) is 9.59 Å². The molecular weight excluding hydrogens is 210 g/mol. The molecule has 0 saturated carbocycles. The first-order valence-electron chi connectivity index (χ1n) is 3.51. The molecule has 0 radical (unpaired) electrons. The van der Waals surface area contributed by atoms with Crippen molar-refractivity contribution in [2.75, 3.05) is 0 Å². The first-order chi connectivity index (χ1) is 7.09. The Morgan fingerprint density at radius 2 is 1.40 bits per heavy atom. The van der Waals surface area contributed by atoms with Crippen LogP contribution in [0.2, 0.25) is 0 Å². The third kappa shape index (κ3) is 6.07. The van der Waals surface area contributed by atoms with Gasteiger partial charge in [0.15, 0.2) is 0 Å². The molecule has 8 nitrogen and oxygen atoms in total. The van der Waals surface area contributed by atoms with Crippen molar-refractivity contribution in [3.05, 3.63) is 25.0 Å². The average molecular weight is 219 g/mol. The van der Waals surface area contributed by atoms with Crippen LogP contribution in [0.15, 0.2) is 25.0 Å². The fourth-order valence-electron chi connectivity index (χ4n) is 0.441. The van der Waals surface area contributed by atoms with Gasteiger partial charge in [0.05, 0.1) is 0 Å². The summed E-state index contributed by atoms with van der Waals surface area (Å²) in [6, 6.07) is 0. The minimum absolute atomic E-state index is 1.46. The molecule has 0 amide bonds. The molecule has 84 valence electrons. The van der Waals surface area contributed by atoms with Gasteiger partial charge in [-0.15, -0.1) is 0 Å². The highest BCUT2D eigenvalue weighted by Gasteiger charge is 2.25. The number of ether oxygens (including phenoxy) is 2. The third-order valence-corrected chi connectivity index (χ3v) is 1.01. The van der Waals surface area contributed by atoms with Gasteiger partial charge in [0.2, 0.25) is 0 Å². The quantitative estimate of drug-likeness (QED) is 0.423. The van der Waals surface area contributed by atoms with Gasteiger partial charge in [-0.2, -0.15) is 0 Å². The van der Waals surface area contributed by atoms with Crippen molar-refractivity contribution in [2.45, 2.75) is 6.10 Å². The molecular formula is C7H9NO7. The molecule has 4 N–H and O–H groups in total. The summed E-state index contributed by atoms with van der Waals surface area (Å²) < 4.78 is 9.17. The molecule has 1 aliphatic heterocycles. The Bertz CT molecular complexity index is 239.